The summed E-state index contributed by atoms with van der Waals surface area (Å²) in [6.45, 7) is 0. The summed E-state index contributed by atoms with van der Waals surface area (Å²) in [6, 6.07) is 67.4. The Kier molecular flexibility index (Phi) is 5.76. The average molecular weight is 631 g/mol. The zero-order chi connectivity index (χ0) is 32.8. The van der Waals surface area contributed by atoms with E-state index < -0.39 is 0 Å². The van der Waals surface area contributed by atoms with Crippen molar-refractivity contribution in [3.63, 3.8) is 0 Å². The highest BCUT2D eigenvalue weighted by atomic mass is 14.3. The molecule has 0 aliphatic carbocycles. The molecule has 11 aromatic rings. The molecule has 0 saturated carbocycles. The quantitative estimate of drug-likeness (QED) is 0.135. The van der Waals surface area contributed by atoms with Gasteiger partial charge in [0, 0.05) is 0 Å². The van der Waals surface area contributed by atoms with E-state index in [1.165, 1.54) is 109 Å². The Morgan fingerprint density at radius 1 is 0.200 bits per heavy atom. The molecule has 0 N–H and O–H groups in total. The van der Waals surface area contributed by atoms with E-state index in [9.17, 15) is 0 Å². The van der Waals surface area contributed by atoms with Crippen LogP contribution in [-0.4, -0.2) is 0 Å². The minimum Gasteiger partial charge on any atom is -0.0622 e. The normalized spacial score (nSPS) is 12.0. The molecule has 0 radical (unpaired) electrons. The van der Waals surface area contributed by atoms with Crippen molar-refractivity contribution in [1.82, 2.24) is 0 Å². The second-order valence-electron chi connectivity index (χ2n) is 13.5. The zero-order valence-corrected chi connectivity index (χ0v) is 27.3. The first-order chi connectivity index (χ1) is 24.9. The molecule has 11 aromatic carbocycles. The lowest BCUT2D eigenvalue weighted by Gasteiger charge is -2.23. The fourth-order valence-electron chi connectivity index (χ4n) is 9.02. The van der Waals surface area contributed by atoms with Crippen molar-refractivity contribution in [1.29, 1.82) is 0 Å². The van der Waals surface area contributed by atoms with E-state index >= 15 is 0 Å². The Morgan fingerprint density at radius 3 is 1.22 bits per heavy atom. The minimum absolute atomic E-state index is 1.23. The van der Waals surface area contributed by atoms with Crippen LogP contribution in [0.15, 0.2) is 182 Å². The maximum atomic E-state index is 2.35. The van der Waals surface area contributed by atoms with Crippen LogP contribution in [-0.2, 0) is 0 Å². The Hall–Kier alpha value is -6.50. The monoisotopic (exact) mass is 630 g/mol. The average Bonchev–Trinajstić information content (AvgIpc) is 3.19. The van der Waals surface area contributed by atoms with Gasteiger partial charge in [-0.15, -0.1) is 0 Å². The van der Waals surface area contributed by atoms with E-state index in [1.54, 1.807) is 0 Å². The van der Waals surface area contributed by atoms with E-state index in [2.05, 4.69) is 182 Å². The van der Waals surface area contributed by atoms with Gasteiger partial charge in [0.2, 0.25) is 0 Å². The summed E-state index contributed by atoms with van der Waals surface area (Å²) in [7, 11) is 0. The summed E-state index contributed by atoms with van der Waals surface area (Å²) in [5, 5.41) is 18.3. The van der Waals surface area contributed by atoms with Crippen molar-refractivity contribution in [2.45, 2.75) is 0 Å². The van der Waals surface area contributed by atoms with Gasteiger partial charge in [-0.05, 0) is 109 Å². The molecule has 0 heterocycles. The highest BCUT2D eigenvalue weighted by Gasteiger charge is 2.24. The van der Waals surface area contributed by atoms with Gasteiger partial charge >= 0.3 is 0 Å². The van der Waals surface area contributed by atoms with Gasteiger partial charge in [-0.1, -0.05) is 182 Å². The van der Waals surface area contributed by atoms with Crippen LogP contribution in [0.2, 0.25) is 0 Å². The van der Waals surface area contributed by atoms with Crippen LogP contribution in [0.25, 0.3) is 109 Å². The third kappa shape index (κ3) is 3.71. The Morgan fingerprint density at radius 2 is 0.580 bits per heavy atom. The summed E-state index contributed by atoms with van der Waals surface area (Å²) >= 11 is 0. The van der Waals surface area contributed by atoms with E-state index in [-0.39, 0.29) is 0 Å². The molecule has 0 saturated heterocycles. The van der Waals surface area contributed by atoms with Crippen molar-refractivity contribution in [2.75, 3.05) is 0 Å². The fraction of sp³-hybridized carbons (Fsp3) is 0. The van der Waals surface area contributed by atoms with Crippen LogP contribution in [0, 0.1) is 0 Å². The van der Waals surface area contributed by atoms with Crippen LogP contribution >= 0.6 is 0 Å². The lowest BCUT2D eigenvalue weighted by molar-refractivity contribution is 1.61. The smallest absolute Gasteiger partial charge is 0.000740 e. The van der Waals surface area contributed by atoms with Crippen LogP contribution in [0.4, 0.5) is 0 Å². The largest absolute Gasteiger partial charge is 0.0622 e. The molecule has 0 spiro atoms. The maximum absolute atomic E-state index is 2.35. The molecule has 0 unspecified atom stereocenters. The van der Waals surface area contributed by atoms with Gasteiger partial charge in [0.25, 0.3) is 0 Å². The van der Waals surface area contributed by atoms with Gasteiger partial charge in [-0.25, -0.2) is 0 Å². The van der Waals surface area contributed by atoms with Crippen molar-refractivity contribution in [3.8, 4) is 33.4 Å². The van der Waals surface area contributed by atoms with Gasteiger partial charge in [0.15, 0.2) is 0 Å². The van der Waals surface area contributed by atoms with Crippen molar-refractivity contribution >= 4 is 75.4 Å². The van der Waals surface area contributed by atoms with Crippen molar-refractivity contribution in [3.05, 3.63) is 182 Å². The molecule has 0 amide bonds. The molecule has 0 atom stereocenters. The molecule has 0 aromatic heterocycles. The minimum atomic E-state index is 1.23. The van der Waals surface area contributed by atoms with Crippen LogP contribution < -0.4 is 0 Å². The highest BCUT2D eigenvalue weighted by molar-refractivity contribution is 6.46. The third-order valence-corrected chi connectivity index (χ3v) is 11.0. The Bertz CT molecular complexity index is 3120. The molecular formula is C50H30. The van der Waals surface area contributed by atoms with Gasteiger partial charge in [0.1, 0.15) is 0 Å². The summed E-state index contributed by atoms with van der Waals surface area (Å²) in [5.41, 5.74) is 7.64. The second kappa shape index (κ2) is 10.5. The summed E-state index contributed by atoms with van der Waals surface area (Å²) in [6.07, 6.45) is 0. The Labute approximate surface area is 289 Å². The second-order valence-corrected chi connectivity index (χ2v) is 13.5. The maximum Gasteiger partial charge on any atom is -0.000740 e. The van der Waals surface area contributed by atoms with E-state index in [1.807, 2.05) is 0 Å². The zero-order valence-electron chi connectivity index (χ0n) is 27.3. The fourth-order valence-corrected chi connectivity index (χ4v) is 9.02. The van der Waals surface area contributed by atoms with Gasteiger partial charge in [0.05, 0.1) is 0 Å². The first-order valence-electron chi connectivity index (χ1n) is 17.5. The molecule has 230 valence electrons. The van der Waals surface area contributed by atoms with E-state index in [4.69, 9.17) is 0 Å². The molecule has 0 fully saturated rings. The predicted octanol–water partition coefficient (Wildman–Crippen LogP) is 14.2. The van der Waals surface area contributed by atoms with E-state index in [0.29, 0.717) is 0 Å². The molecule has 0 aliphatic rings. The van der Waals surface area contributed by atoms with Crippen molar-refractivity contribution in [2.24, 2.45) is 0 Å². The number of hydrogen-bond acceptors (Lipinski definition) is 0. The molecule has 0 aliphatic heterocycles. The number of hydrogen-bond donors (Lipinski definition) is 0. The molecule has 11 rings (SSSR count). The predicted molar refractivity (Wildman–Crippen MR) is 216 cm³/mol. The van der Waals surface area contributed by atoms with Crippen LogP contribution in [0.5, 0.6) is 0 Å². The first kappa shape index (κ1) is 27.5. The van der Waals surface area contributed by atoms with Crippen molar-refractivity contribution < 1.29 is 0 Å². The van der Waals surface area contributed by atoms with Gasteiger partial charge in [-0.3, -0.25) is 0 Å². The van der Waals surface area contributed by atoms with Crippen LogP contribution in [0.1, 0.15) is 0 Å². The number of rotatable bonds is 3. The molecule has 0 bridgehead atoms. The number of benzene rings is 11. The van der Waals surface area contributed by atoms with E-state index in [0.717, 1.165) is 0 Å². The topological polar surface area (TPSA) is 0 Å². The number of fused-ring (bicyclic) bond motifs is 7. The van der Waals surface area contributed by atoms with Crippen LogP contribution in [0.3, 0.4) is 0 Å². The SMILES string of the molecule is c1ccc(-c2ccccc2-c2c3ccccc3c3c4c2cccc4c2cccc4c(-c5cccc6ccccc56)c5ccccc5c3c42)cc1. The molecule has 50 heavy (non-hydrogen) atoms. The molecule has 0 nitrogen and oxygen atoms in total. The third-order valence-electron chi connectivity index (χ3n) is 11.0. The summed E-state index contributed by atoms with van der Waals surface area (Å²) in [5.74, 6) is 0. The molecular weight excluding hydrogens is 601 g/mol. The summed E-state index contributed by atoms with van der Waals surface area (Å²) in [4.78, 5) is 0. The first-order valence-corrected chi connectivity index (χ1v) is 17.5. The lowest BCUT2D eigenvalue weighted by atomic mass is 9.79. The van der Waals surface area contributed by atoms with Gasteiger partial charge in [-0.2, -0.15) is 0 Å². The standard InChI is InChI=1S/C50H30/c1-2-15-31(16-3-1)33-20-6-7-21-35(33)45-37-22-8-10-24-41(37)49-47-39(27-13-29-43(45)47)40-28-14-30-44-46(36-26-12-18-32-17-4-5-19-34(32)36)38-23-9-11-25-42(38)50(49)48(40)44/h1-30H. The Balaban J connectivity index is 1.39. The summed E-state index contributed by atoms with van der Waals surface area (Å²) < 4.78 is 0. The molecule has 0 heteroatoms. The van der Waals surface area contributed by atoms with Gasteiger partial charge < -0.3 is 0 Å². The highest BCUT2D eigenvalue weighted by Crippen LogP contribution is 2.52. The lowest BCUT2D eigenvalue weighted by Crippen LogP contribution is -1.95.